The third kappa shape index (κ3) is 5.62. The van der Waals surface area contributed by atoms with Crippen LogP contribution in [0.1, 0.15) is 6.92 Å². The Balaban J connectivity index is 1.71. The smallest absolute Gasteiger partial charge is 0.332 e. The third-order valence-corrected chi connectivity index (χ3v) is 4.47. The number of carbonyl (C=O) groups excluding carboxylic acids is 1. The summed E-state index contributed by atoms with van der Waals surface area (Å²) in [5.41, 5.74) is 2.52. The number of rotatable bonds is 9. The molecule has 0 aliphatic heterocycles. The molecule has 3 aromatic rings. The van der Waals surface area contributed by atoms with Crippen molar-refractivity contribution in [2.75, 3.05) is 38.8 Å². The Morgan fingerprint density at radius 2 is 2.10 bits per heavy atom. The predicted octanol–water partition coefficient (Wildman–Crippen LogP) is 2.25. The van der Waals surface area contributed by atoms with Crippen molar-refractivity contribution >= 4 is 35.8 Å². The van der Waals surface area contributed by atoms with Crippen molar-refractivity contribution in [1.29, 1.82) is 0 Å². The molecular weight excluding hydrogens is 394 g/mol. The number of thiol groups is 1. The average molecular weight is 417 g/mol. The van der Waals surface area contributed by atoms with E-state index in [2.05, 4.69) is 38.2 Å². The van der Waals surface area contributed by atoms with Crippen molar-refractivity contribution < 1.29 is 14.3 Å². The molecule has 0 fully saturated rings. The fourth-order valence-electron chi connectivity index (χ4n) is 2.44. The summed E-state index contributed by atoms with van der Waals surface area (Å²) in [5.74, 6) is 0.380. The van der Waals surface area contributed by atoms with Gasteiger partial charge in [-0.05, 0) is 19.1 Å². The van der Waals surface area contributed by atoms with Crippen LogP contribution in [0.3, 0.4) is 0 Å². The molecule has 11 heteroatoms. The second kappa shape index (κ2) is 10.1. The van der Waals surface area contributed by atoms with Crippen LogP contribution in [0.2, 0.25) is 0 Å². The molecule has 0 saturated carbocycles. The maximum Gasteiger partial charge on any atom is 0.332 e. The van der Waals surface area contributed by atoms with Gasteiger partial charge in [0, 0.05) is 25.4 Å². The molecule has 0 aliphatic carbocycles. The quantitative estimate of drug-likeness (QED) is 0.406. The largest absolute Gasteiger partial charge is 0.382 e. The van der Waals surface area contributed by atoms with E-state index in [1.165, 1.54) is 4.31 Å². The van der Waals surface area contributed by atoms with Crippen LogP contribution < -0.4 is 5.32 Å². The van der Waals surface area contributed by atoms with Crippen molar-refractivity contribution in [3.8, 4) is 11.3 Å². The van der Waals surface area contributed by atoms with E-state index >= 15 is 0 Å². The van der Waals surface area contributed by atoms with Gasteiger partial charge >= 0.3 is 6.03 Å². The first-order valence-electron chi connectivity index (χ1n) is 9.11. The zero-order valence-electron chi connectivity index (χ0n) is 16.3. The van der Waals surface area contributed by atoms with Crippen LogP contribution in [0, 0.1) is 0 Å². The number of nitrogens with zero attached hydrogens (tertiary/aromatic N) is 6. The molecule has 3 aromatic heterocycles. The molecule has 10 nitrogen and oxygen atoms in total. The highest BCUT2D eigenvalue weighted by atomic mass is 32.1. The van der Waals surface area contributed by atoms with Crippen molar-refractivity contribution in [3.05, 3.63) is 30.7 Å². The van der Waals surface area contributed by atoms with Gasteiger partial charge in [-0.2, -0.15) is 5.10 Å². The Hall–Kier alpha value is -2.76. The van der Waals surface area contributed by atoms with Gasteiger partial charge in [0.1, 0.15) is 11.3 Å². The van der Waals surface area contributed by atoms with E-state index < -0.39 is 0 Å². The summed E-state index contributed by atoms with van der Waals surface area (Å²) in [7, 11) is 1.64. The SMILES string of the molecule is CCN(S)C(=O)Nc1ccc2ncc(-c3cnn(CCOCCOC)c3)nc2n1. The van der Waals surface area contributed by atoms with Crippen molar-refractivity contribution in [2.24, 2.45) is 0 Å². The number of fused-ring (bicyclic) bond motifs is 1. The first-order chi connectivity index (χ1) is 14.1. The van der Waals surface area contributed by atoms with Crippen LogP contribution in [-0.2, 0) is 16.0 Å². The lowest BCUT2D eigenvalue weighted by atomic mass is 10.2. The van der Waals surface area contributed by atoms with Crippen LogP contribution in [0.15, 0.2) is 30.7 Å². The summed E-state index contributed by atoms with van der Waals surface area (Å²) >= 11 is 4.08. The number of hydrogen-bond acceptors (Lipinski definition) is 8. The van der Waals surface area contributed by atoms with E-state index in [9.17, 15) is 4.79 Å². The maximum atomic E-state index is 11.9. The average Bonchev–Trinajstić information content (AvgIpc) is 3.21. The molecule has 1 N–H and O–H groups in total. The highest BCUT2D eigenvalue weighted by molar-refractivity contribution is 7.78. The third-order valence-electron chi connectivity index (χ3n) is 4.00. The van der Waals surface area contributed by atoms with Gasteiger partial charge in [-0.1, -0.05) is 12.8 Å². The molecule has 154 valence electrons. The number of pyridine rings is 1. The van der Waals surface area contributed by atoms with Crippen molar-refractivity contribution in [2.45, 2.75) is 13.5 Å². The van der Waals surface area contributed by atoms with E-state index in [4.69, 9.17) is 9.47 Å². The summed E-state index contributed by atoms with van der Waals surface area (Å²) in [4.78, 5) is 25.3. The number of aromatic nitrogens is 5. The van der Waals surface area contributed by atoms with Gasteiger partial charge in [0.05, 0.1) is 44.5 Å². The first-order valence-corrected chi connectivity index (χ1v) is 9.51. The Kier molecular flexibility index (Phi) is 7.33. The van der Waals surface area contributed by atoms with Gasteiger partial charge in [0.2, 0.25) is 0 Å². The van der Waals surface area contributed by atoms with Gasteiger partial charge in [0.15, 0.2) is 5.65 Å². The highest BCUT2D eigenvalue weighted by Gasteiger charge is 2.11. The van der Waals surface area contributed by atoms with Crippen molar-refractivity contribution in [3.63, 3.8) is 0 Å². The number of anilines is 1. The second-order valence-corrected chi connectivity index (χ2v) is 6.52. The summed E-state index contributed by atoms with van der Waals surface area (Å²) in [6, 6.07) is 3.07. The molecule has 0 aliphatic rings. The van der Waals surface area contributed by atoms with Crippen molar-refractivity contribution in [1.82, 2.24) is 29.0 Å². The van der Waals surface area contributed by atoms with Gasteiger partial charge in [-0.15, -0.1) is 0 Å². The molecule has 0 saturated heterocycles. The monoisotopic (exact) mass is 417 g/mol. The Labute approximate surface area is 173 Å². The molecular formula is C18H23N7O3S. The molecule has 0 spiro atoms. The molecule has 0 atom stereocenters. The lowest BCUT2D eigenvalue weighted by Crippen LogP contribution is -2.27. The fraction of sp³-hybridized carbons (Fsp3) is 0.389. The molecule has 2 amide bonds. The van der Waals surface area contributed by atoms with Gasteiger partial charge in [0.25, 0.3) is 0 Å². The molecule has 0 aromatic carbocycles. The normalized spacial score (nSPS) is 11.0. The number of amides is 2. The minimum absolute atomic E-state index is 0.360. The Bertz CT molecular complexity index is 966. The van der Waals surface area contributed by atoms with Gasteiger partial charge < -0.3 is 9.47 Å². The zero-order chi connectivity index (χ0) is 20.6. The molecule has 0 bridgehead atoms. The predicted molar refractivity (Wildman–Crippen MR) is 112 cm³/mol. The van der Waals surface area contributed by atoms with Crippen LogP contribution in [0.5, 0.6) is 0 Å². The molecule has 3 heterocycles. The number of methoxy groups -OCH3 is 1. The number of carbonyl (C=O) groups is 1. The number of hydrogen-bond donors (Lipinski definition) is 2. The zero-order valence-corrected chi connectivity index (χ0v) is 17.2. The summed E-state index contributed by atoms with van der Waals surface area (Å²) in [6.45, 7) is 4.57. The lowest BCUT2D eigenvalue weighted by Gasteiger charge is -2.13. The van der Waals surface area contributed by atoms with Crippen LogP contribution in [-0.4, -0.2) is 68.5 Å². The van der Waals surface area contributed by atoms with E-state index in [-0.39, 0.29) is 6.03 Å². The molecule has 3 rings (SSSR count). The Morgan fingerprint density at radius 3 is 2.90 bits per heavy atom. The number of urea groups is 1. The minimum atomic E-state index is -0.360. The second-order valence-electron chi connectivity index (χ2n) is 6.04. The van der Waals surface area contributed by atoms with Crippen LogP contribution in [0.4, 0.5) is 10.6 Å². The molecule has 0 radical (unpaired) electrons. The standard InChI is InChI=1S/C18H23N7O3S/c1-3-25(29)18(26)23-16-5-4-14-17(22-16)21-15(11-19-14)13-10-20-24(12-13)6-7-28-9-8-27-2/h4-5,10-12,29H,3,6-9H2,1-2H3,(H,21,22,23,26). The highest BCUT2D eigenvalue weighted by Crippen LogP contribution is 2.19. The van der Waals surface area contributed by atoms with Crippen LogP contribution >= 0.6 is 12.8 Å². The molecule has 0 unspecified atom stereocenters. The Morgan fingerprint density at radius 1 is 1.24 bits per heavy atom. The molecule has 29 heavy (non-hydrogen) atoms. The van der Waals surface area contributed by atoms with E-state index in [0.29, 0.717) is 55.6 Å². The first kappa shape index (κ1) is 21.0. The minimum Gasteiger partial charge on any atom is -0.382 e. The van der Waals surface area contributed by atoms with Crippen LogP contribution in [0.25, 0.3) is 22.4 Å². The number of nitrogens with one attached hydrogen (secondary N) is 1. The van der Waals surface area contributed by atoms with E-state index in [1.54, 1.807) is 36.3 Å². The summed E-state index contributed by atoms with van der Waals surface area (Å²) < 4.78 is 13.4. The summed E-state index contributed by atoms with van der Waals surface area (Å²) in [6.07, 6.45) is 5.27. The lowest BCUT2D eigenvalue weighted by molar-refractivity contribution is 0.0654. The van der Waals surface area contributed by atoms with E-state index in [1.807, 2.05) is 13.1 Å². The van der Waals surface area contributed by atoms with E-state index in [0.717, 1.165) is 5.56 Å². The summed E-state index contributed by atoms with van der Waals surface area (Å²) in [5, 5.41) is 7.00. The van der Waals surface area contributed by atoms with Gasteiger partial charge in [-0.3, -0.25) is 19.3 Å². The maximum absolute atomic E-state index is 11.9. The topological polar surface area (TPSA) is 107 Å². The van der Waals surface area contributed by atoms with Gasteiger partial charge in [-0.25, -0.2) is 14.8 Å². The number of ether oxygens (including phenoxy) is 2. The fourth-order valence-corrected chi connectivity index (χ4v) is 2.49.